The van der Waals surface area contributed by atoms with E-state index >= 15 is 0 Å². The van der Waals surface area contributed by atoms with Crippen molar-refractivity contribution in [1.29, 1.82) is 5.41 Å². The second-order valence-corrected chi connectivity index (χ2v) is 3.56. The summed E-state index contributed by atoms with van der Waals surface area (Å²) in [6.07, 6.45) is 0.988. The van der Waals surface area contributed by atoms with Gasteiger partial charge >= 0.3 is 6.09 Å². The van der Waals surface area contributed by atoms with Gasteiger partial charge in [-0.05, 0) is 6.26 Å². The molecule has 0 radical (unpaired) electrons. The zero-order valence-electron chi connectivity index (χ0n) is 7.89. The Morgan fingerprint density at radius 2 is 1.71 bits per heavy atom. The molecule has 1 heterocycles. The number of nitrogens with one attached hydrogen (secondary N) is 1. The van der Waals surface area contributed by atoms with Crippen LogP contribution in [0.15, 0.2) is 0 Å². The molecule has 0 atom stereocenters. The SMILES string of the molecule is CSC(=N)N1CCN(C(=O)O)CC1.I. The highest BCUT2D eigenvalue weighted by molar-refractivity contribution is 14.0. The van der Waals surface area contributed by atoms with E-state index in [0.717, 1.165) is 0 Å². The summed E-state index contributed by atoms with van der Waals surface area (Å²) in [5.74, 6) is 0. The summed E-state index contributed by atoms with van der Waals surface area (Å²) in [6, 6.07) is 0. The minimum absolute atomic E-state index is 0. The molecule has 1 aliphatic rings. The van der Waals surface area contributed by atoms with Gasteiger partial charge in [-0.25, -0.2) is 4.79 Å². The molecular formula is C7H14IN3O2S. The number of carboxylic acid groups (broad SMARTS) is 1. The number of nitrogens with zero attached hydrogens (tertiary/aromatic N) is 2. The Bertz CT molecular complexity index is 219. The third kappa shape index (κ3) is 3.52. The van der Waals surface area contributed by atoms with Crippen molar-refractivity contribution >= 4 is 47.0 Å². The third-order valence-corrected chi connectivity index (χ3v) is 2.68. The summed E-state index contributed by atoms with van der Waals surface area (Å²) >= 11 is 1.38. The van der Waals surface area contributed by atoms with Gasteiger partial charge in [0.2, 0.25) is 0 Å². The number of carbonyl (C=O) groups is 1. The fourth-order valence-electron chi connectivity index (χ4n) is 1.23. The standard InChI is InChI=1S/C7H13N3O2S.HI/c1-13-6(8)9-2-4-10(5-3-9)7(11)12;/h8H,2-5H2,1H3,(H,11,12);1H. The van der Waals surface area contributed by atoms with Crippen LogP contribution in [0.5, 0.6) is 0 Å². The first-order chi connectivity index (χ1) is 6.15. The molecule has 14 heavy (non-hydrogen) atoms. The molecule has 1 saturated heterocycles. The van der Waals surface area contributed by atoms with Crippen molar-refractivity contribution < 1.29 is 9.90 Å². The van der Waals surface area contributed by atoms with Crippen molar-refractivity contribution in [1.82, 2.24) is 9.80 Å². The molecule has 1 rings (SSSR count). The largest absolute Gasteiger partial charge is 0.465 e. The van der Waals surface area contributed by atoms with Crippen LogP contribution in [-0.2, 0) is 0 Å². The number of piperazine rings is 1. The Kier molecular flexibility index (Phi) is 6.25. The minimum Gasteiger partial charge on any atom is -0.465 e. The van der Waals surface area contributed by atoms with Crippen LogP contribution in [-0.4, -0.2) is 58.6 Å². The van der Waals surface area contributed by atoms with Crippen LogP contribution >= 0.6 is 35.7 Å². The molecule has 0 unspecified atom stereocenters. The molecule has 0 saturated carbocycles. The predicted molar refractivity (Wildman–Crippen MR) is 67.8 cm³/mol. The minimum atomic E-state index is -0.865. The lowest BCUT2D eigenvalue weighted by atomic mass is 10.3. The highest BCUT2D eigenvalue weighted by atomic mass is 127. The molecular weight excluding hydrogens is 317 g/mol. The van der Waals surface area contributed by atoms with E-state index in [4.69, 9.17) is 10.5 Å². The smallest absolute Gasteiger partial charge is 0.407 e. The second-order valence-electron chi connectivity index (χ2n) is 2.77. The van der Waals surface area contributed by atoms with Crippen molar-refractivity contribution in [2.24, 2.45) is 0 Å². The van der Waals surface area contributed by atoms with Crippen molar-refractivity contribution in [2.45, 2.75) is 0 Å². The summed E-state index contributed by atoms with van der Waals surface area (Å²) in [7, 11) is 0. The molecule has 0 bridgehead atoms. The van der Waals surface area contributed by atoms with E-state index in [2.05, 4.69) is 0 Å². The van der Waals surface area contributed by atoms with E-state index in [1.165, 1.54) is 16.7 Å². The lowest BCUT2D eigenvalue weighted by molar-refractivity contribution is 0.125. The number of rotatable bonds is 0. The van der Waals surface area contributed by atoms with Crippen molar-refractivity contribution in [2.75, 3.05) is 32.4 Å². The van der Waals surface area contributed by atoms with E-state index in [9.17, 15) is 4.79 Å². The summed E-state index contributed by atoms with van der Waals surface area (Å²) < 4.78 is 0. The summed E-state index contributed by atoms with van der Waals surface area (Å²) in [6.45, 7) is 2.26. The van der Waals surface area contributed by atoms with Crippen LogP contribution in [0.3, 0.4) is 0 Å². The maximum atomic E-state index is 10.5. The zero-order chi connectivity index (χ0) is 9.84. The third-order valence-electron chi connectivity index (χ3n) is 2.03. The average Bonchev–Trinajstić information content (AvgIpc) is 2.17. The van der Waals surface area contributed by atoms with E-state index < -0.39 is 6.09 Å². The fraction of sp³-hybridized carbons (Fsp3) is 0.714. The Balaban J connectivity index is 0.00000169. The molecule has 1 amide bonds. The van der Waals surface area contributed by atoms with Crippen LogP contribution in [0, 0.1) is 5.41 Å². The van der Waals surface area contributed by atoms with E-state index in [-0.39, 0.29) is 24.0 Å². The number of hydrogen-bond donors (Lipinski definition) is 2. The lowest BCUT2D eigenvalue weighted by Gasteiger charge is -2.33. The van der Waals surface area contributed by atoms with E-state index in [1.807, 2.05) is 11.2 Å². The van der Waals surface area contributed by atoms with Crippen LogP contribution in [0.1, 0.15) is 0 Å². The predicted octanol–water partition coefficient (Wildman–Crippen LogP) is 1.20. The second kappa shape index (κ2) is 6.33. The first-order valence-corrected chi connectivity index (χ1v) is 5.23. The maximum absolute atomic E-state index is 10.5. The number of hydrogen-bond acceptors (Lipinski definition) is 3. The van der Waals surface area contributed by atoms with Crippen molar-refractivity contribution in [3.63, 3.8) is 0 Å². The Labute approximate surface area is 104 Å². The van der Waals surface area contributed by atoms with Crippen LogP contribution in [0.25, 0.3) is 0 Å². The highest BCUT2D eigenvalue weighted by Gasteiger charge is 2.21. The number of amides is 1. The Hall–Kier alpha value is -0.180. The van der Waals surface area contributed by atoms with Gasteiger partial charge < -0.3 is 14.9 Å². The molecule has 0 spiro atoms. The first kappa shape index (κ1) is 13.8. The van der Waals surface area contributed by atoms with Crippen LogP contribution in [0.2, 0.25) is 0 Å². The van der Waals surface area contributed by atoms with Gasteiger partial charge in [0.15, 0.2) is 5.17 Å². The quantitative estimate of drug-likeness (QED) is 0.398. The first-order valence-electron chi connectivity index (χ1n) is 4.00. The normalized spacial score (nSPS) is 16.1. The average molecular weight is 331 g/mol. The summed E-state index contributed by atoms with van der Waals surface area (Å²) in [4.78, 5) is 13.8. The summed E-state index contributed by atoms with van der Waals surface area (Å²) in [5, 5.41) is 16.7. The van der Waals surface area contributed by atoms with E-state index in [1.54, 1.807) is 0 Å². The van der Waals surface area contributed by atoms with Gasteiger partial charge in [-0.15, -0.1) is 24.0 Å². The maximum Gasteiger partial charge on any atom is 0.407 e. The van der Waals surface area contributed by atoms with Crippen molar-refractivity contribution in [3.8, 4) is 0 Å². The van der Waals surface area contributed by atoms with E-state index in [0.29, 0.717) is 31.3 Å². The zero-order valence-corrected chi connectivity index (χ0v) is 11.0. The number of thioether (sulfide) groups is 1. The lowest BCUT2D eigenvalue weighted by Crippen LogP contribution is -2.49. The Morgan fingerprint density at radius 1 is 1.29 bits per heavy atom. The van der Waals surface area contributed by atoms with Gasteiger partial charge in [0.05, 0.1) is 0 Å². The van der Waals surface area contributed by atoms with Gasteiger partial charge in [-0.3, -0.25) is 5.41 Å². The van der Waals surface area contributed by atoms with Crippen LogP contribution < -0.4 is 0 Å². The number of halogens is 1. The molecule has 0 aliphatic carbocycles. The number of amidine groups is 1. The monoisotopic (exact) mass is 331 g/mol. The molecule has 1 aliphatic heterocycles. The van der Waals surface area contributed by atoms with Gasteiger partial charge in [-0.2, -0.15) is 0 Å². The van der Waals surface area contributed by atoms with Gasteiger partial charge in [-0.1, -0.05) is 11.8 Å². The fourth-order valence-corrected chi connectivity index (χ4v) is 1.67. The van der Waals surface area contributed by atoms with Crippen LogP contribution in [0.4, 0.5) is 4.79 Å². The molecule has 5 nitrogen and oxygen atoms in total. The molecule has 1 fully saturated rings. The van der Waals surface area contributed by atoms with Gasteiger partial charge in [0.25, 0.3) is 0 Å². The van der Waals surface area contributed by atoms with Gasteiger partial charge in [0.1, 0.15) is 0 Å². The Morgan fingerprint density at radius 3 is 2.07 bits per heavy atom. The summed E-state index contributed by atoms with van der Waals surface area (Å²) in [5.41, 5.74) is 0. The molecule has 82 valence electrons. The highest BCUT2D eigenvalue weighted by Crippen LogP contribution is 2.07. The molecule has 0 aromatic heterocycles. The topological polar surface area (TPSA) is 67.6 Å². The van der Waals surface area contributed by atoms with Crippen molar-refractivity contribution in [3.05, 3.63) is 0 Å². The molecule has 2 N–H and O–H groups in total. The molecule has 0 aromatic carbocycles. The van der Waals surface area contributed by atoms with Gasteiger partial charge in [0, 0.05) is 26.2 Å². The molecule has 0 aromatic rings. The molecule has 7 heteroatoms.